The van der Waals surface area contributed by atoms with Crippen molar-refractivity contribution in [1.29, 1.82) is 0 Å². The van der Waals surface area contributed by atoms with Gasteiger partial charge in [-0.05, 0) is 37.5 Å². The van der Waals surface area contributed by atoms with Crippen molar-refractivity contribution in [2.24, 2.45) is 23.5 Å². The molecule has 3 unspecified atom stereocenters. The molecule has 0 spiro atoms. The molecule has 1 saturated heterocycles. The Labute approximate surface area is 94.2 Å². The fourth-order valence-electron chi connectivity index (χ4n) is 3.38. The third-order valence-electron chi connectivity index (χ3n) is 5.11. The van der Waals surface area contributed by atoms with Gasteiger partial charge >= 0.3 is 0 Å². The van der Waals surface area contributed by atoms with Gasteiger partial charge in [0.15, 0.2) is 0 Å². The molecule has 0 amide bonds. The van der Waals surface area contributed by atoms with Crippen LogP contribution in [0.15, 0.2) is 0 Å². The molecule has 2 fully saturated rings. The Balaban J connectivity index is 2.05. The van der Waals surface area contributed by atoms with Crippen LogP contribution in [0.25, 0.3) is 0 Å². The molecule has 0 radical (unpaired) electrons. The van der Waals surface area contributed by atoms with Crippen molar-refractivity contribution in [3.8, 4) is 0 Å². The third kappa shape index (κ3) is 1.83. The molecule has 0 aromatic carbocycles. The number of hydrogen-bond donors (Lipinski definition) is 1. The zero-order chi connectivity index (χ0) is 11.1. The monoisotopic (exact) mass is 210 g/mol. The Bertz CT molecular complexity index is 215. The molecule has 15 heavy (non-hydrogen) atoms. The van der Waals surface area contributed by atoms with Crippen LogP contribution in [0.1, 0.15) is 40.0 Å². The van der Waals surface area contributed by atoms with Crippen LogP contribution in [0.2, 0.25) is 0 Å². The fourth-order valence-corrected chi connectivity index (χ4v) is 3.38. The van der Waals surface area contributed by atoms with Gasteiger partial charge in [0, 0.05) is 25.2 Å². The van der Waals surface area contributed by atoms with Crippen LogP contribution in [0.5, 0.6) is 0 Å². The molecule has 0 aromatic rings. The van der Waals surface area contributed by atoms with Gasteiger partial charge in [0.2, 0.25) is 0 Å². The Morgan fingerprint density at radius 1 is 1.27 bits per heavy atom. The number of nitrogens with zero attached hydrogens (tertiary/aromatic N) is 1. The largest absolute Gasteiger partial charge is 0.329 e. The number of likely N-dealkylation sites (tertiary alicyclic amines) is 1. The van der Waals surface area contributed by atoms with Crippen molar-refractivity contribution in [3.63, 3.8) is 0 Å². The topological polar surface area (TPSA) is 29.3 Å². The molecule has 88 valence electrons. The summed E-state index contributed by atoms with van der Waals surface area (Å²) in [5.74, 6) is 2.62. The van der Waals surface area contributed by atoms with Crippen LogP contribution < -0.4 is 5.73 Å². The van der Waals surface area contributed by atoms with Gasteiger partial charge in [-0.3, -0.25) is 4.90 Å². The molecule has 2 rings (SSSR count). The smallest absolute Gasteiger partial charge is 0.0326 e. The van der Waals surface area contributed by atoms with E-state index in [1.165, 1.54) is 32.4 Å². The summed E-state index contributed by atoms with van der Waals surface area (Å²) in [7, 11) is 0. The van der Waals surface area contributed by atoms with Crippen LogP contribution in [-0.4, -0.2) is 30.1 Å². The zero-order valence-corrected chi connectivity index (χ0v) is 10.5. The second-order valence-electron chi connectivity index (χ2n) is 6.07. The normalized spacial score (nSPS) is 35.8. The summed E-state index contributed by atoms with van der Waals surface area (Å²) < 4.78 is 0. The van der Waals surface area contributed by atoms with E-state index < -0.39 is 0 Å². The van der Waals surface area contributed by atoms with E-state index in [1.807, 2.05) is 0 Å². The van der Waals surface area contributed by atoms with Gasteiger partial charge < -0.3 is 5.73 Å². The molecular formula is C13H26N2. The molecule has 1 saturated carbocycles. The van der Waals surface area contributed by atoms with Crippen molar-refractivity contribution in [3.05, 3.63) is 0 Å². The predicted molar refractivity (Wildman–Crippen MR) is 64.7 cm³/mol. The van der Waals surface area contributed by atoms with Crippen molar-refractivity contribution >= 4 is 0 Å². The highest BCUT2D eigenvalue weighted by atomic mass is 15.2. The molecule has 2 N–H and O–H groups in total. The highest BCUT2D eigenvalue weighted by Gasteiger charge is 2.43. The molecule has 1 aliphatic carbocycles. The van der Waals surface area contributed by atoms with E-state index in [0.29, 0.717) is 5.92 Å². The molecule has 2 nitrogen and oxygen atoms in total. The van der Waals surface area contributed by atoms with Gasteiger partial charge in [0.25, 0.3) is 0 Å². The summed E-state index contributed by atoms with van der Waals surface area (Å²) in [4.78, 5) is 2.67. The first-order valence-electron chi connectivity index (χ1n) is 6.53. The third-order valence-corrected chi connectivity index (χ3v) is 5.11. The SMILES string of the molecule is CC(C)C(C)(CN)N1CC2CCCC2C1. The van der Waals surface area contributed by atoms with Crippen LogP contribution in [0, 0.1) is 17.8 Å². The molecular weight excluding hydrogens is 184 g/mol. The van der Waals surface area contributed by atoms with Gasteiger partial charge in [-0.1, -0.05) is 20.3 Å². The molecule has 1 heterocycles. The lowest BCUT2D eigenvalue weighted by Gasteiger charge is -2.42. The predicted octanol–water partition coefficient (Wildman–Crippen LogP) is 2.09. The standard InChI is InChI=1S/C13H26N2/c1-10(2)13(3,9-14)15-7-11-5-4-6-12(11)8-15/h10-12H,4-9,14H2,1-3H3. The Hall–Kier alpha value is -0.0800. The summed E-state index contributed by atoms with van der Waals surface area (Å²) in [5, 5.41) is 0. The summed E-state index contributed by atoms with van der Waals surface area (Å²) >= 11 is 0. The maximum atomic E-state index is 6.00. The minimum atomic E-state index is 0.227. The van der Waals surface area contributed by atoms with E-state index in [9.17, 15) is 0 Å². The van der Waals surface area contributed by atoms with Crippen molar-refractivity contribution in [1.82, 2.24) is 4.90 Å². The lowest BCUT2D eigenvalue weighted by atomic mass is 9.86. The highest BCUT2D eigenvalue weighted by molar-refractivity contribution is 4.98. The lowest BCUT2D eigenvalue weighted by molar-refractivity contribution is 0.0841. The molecule has 0 bridgehead atoms. The lowest BCUT2D eigenvalue weighted by Crippen LogP contribution is -2.54. The molecule has 2 heteroatoms. The molecule has 0 aromatic heterocycles. The summed E-state index contributed by atoms with van der Waals surface area (Å²) in [6, 6.07) is 0. The highest BCUT2D eigenvalue weighted by Crippen LogP contribution is 2.41. The Kier molecular flexibility index (Phi) is 3.09. The Morgan fingerprint density at radius 2 is 1.80 bits per heavy atom. The fraction of sp³-hybridized carbons (Fsp3) is 1.00. The first-order chi connectivity index (χ1) is 7.08. The average molecular weight is 210 g/mol. The van der Waals surface area contributed by atoms with Crippen LogP contribution >= 0.6 is 0 Å². The molecule has 2 aliphatic rings. The minimum Gasteiger partial charge on any atom is -0.329 e. The van der Waals surface area contributed by atoms with E-state index >= 15 is 0 Å². The first-order valence-corrected chi connectivity index (χ1v) is 6.53. The van der Waals surface area contributed by atoms with E-state index in [1.54, 1.807) is 0 Å². The van der Waals surface area contributed by atoms with Gasteiger partial charge in [0.05, 0.1) is 0 Å². The van der Waals surface area contributed by atoms with E-state index in [2.05, 4.69) is 25.7 Å². The van der Waals surface area contributed by atoms with E-state index in [4.69, 9.17) is 5.73 Å². The average Bonchev–Trinajstić information content (AvgIpc) is 2.75. The summed E-state index contributed by atoms with van der Waals surface area (Å²) in [6.07, 6.45) is 4.38. The second-order valence-corrected chi connectivity index (χ2v) is 6.07. The van der Waals surface area contributed by atoms with Gasteiger partial charge in [-0.15, -0.1) is 0 Å². The molecule has 1 aliphatic heterocycles. The summed E-state index contributed by atoms with van der Waals surface area (Å²) in [6.45, 7) is 10.4. The van der Waals surface area contributed by atoms with E-state index in [0.717, 1.165) is 18.4 Å². The van der Waals surface area contributed by atoms with E-state index in [-0.39, 0.29) is 5.54 Å². The second kappa shape index (κ2) is 4.06. The maximum Gasteiger partial charge on any atom is 0.0326 e. The quantitative estimate of drug-likeness (QED) is 0.773. The molecule has 3 atom stereocenters. The van der Waals surface area contributed by atoms with Crippen molar-refractivity contribution in [2.75, 3.05) is 19.6 Å². The summed E-state index contributed by atoms with van der Waals surface area (Å²) in [5.41, 5.74) is 6.22. The number of fused-ring (bicyclic) bond motifs is 1. The number of nitrogens with two attached hydrogens (primary N) is 1. The van der Waals surface area contributed by atoms with Gasteiger partial charge in [0.1, 0.15) is 0 Å². The first kappa shape index (κ1) is 11.4. The van der Waals surface area contributed by atoms with Crippen LogP contribution in [0.3, 0.4) is 0 Å². The Morgan fingerprint density at radius 3 is 2.20 bits per heavy atom. The zero-order valence-electron chi connectivity index (χ0n) is 10.5. The maximum absolute atomic E-state index is 6.00. The van der Waals surface area contributed by atoms with Crippen molar-refractivity contribution in [2.45, 2.75) is 45.6 Å². The van der Waals surface area contributed by atoms with Crippen LogP contribution in [0.4, 0.5) is 0 Å². The van der Waals surface area contributed by atoms with Crippen LogP contribution in [-0.2, 0) is 0 Å². The minimum absolute atomic E-state index is 0.227. The number of rotatable bonds is 3. The van der Waals surface area contributed by atoms with Crippen molar-refractivity contribution < 1.29 is 0 Å². The van der Waals surface area contributed by atoms with Gasteiger partial charge in [-0.2, -0.15) is 0 Å². The van der Waals surface area contributed by atoms with Gasteiger partial charge in [-0.25, -0.2) is 0 Å². The number of hydrogen-bond acceptors (Lipinski definition) is 2.